The monoisotopic (exact) mass is 378 g/mol. The third-order valence-corrected chi connectivity index (χ3v) is 4.42. The molecule has 118 valence electrons. The molecule has 2 aromatic heterocycles. The van der Waals surface area contributed by atoms with Gasteiger partial charge in [0.2, 0.25) is 0 Å². The molecule has 1 N–H and O–H groups in total. The van der Waals surface area contributed by atoms with E-state index in [0.29, 0.717) is 0 Å². The molecule has 24 heavy (non-hydrogen) atoms. The first-order valence-corrected chi connectivity index (χ1v) is 8.44. The molecule has 0 saturated heterocycles. The van der Waals surface area contributed by atoms with Gasteiger partial charge in [-0.05, 0) is 42.0 Å². The first kappa shape index (κ1) is 14.9. The molecule has 0 aliphatic rings. The molecule has 0 aliphatic heterocycles. The SMILES string of the molecule is Brc1ccc2nccc(NCc3ccc(-n4ccnc4)cc3)c2c1. The van der Waals surface area contributed by atoms with Crippen LogP contribution < -0.4 is 5.32 Å². The fourth-order valence-electron chi connectivity index (χ4n) is 2.67. The van der Waals surface area contributed by atoms with Crippen LogP contribution in [0.5, 0.6) is 0 Å². The van der Waals surface area contributed by atoms with Crippen molar-refractivity contribution in [1.82, 2.24) is 14.5 Å². The summed E-state index contributed by atoms with van der Waals surface area (Å²) < 4.78 is 3.04. The Balaban J connectivity index is 1.54. The highest BCUT2D eigenvalue weighted by molar-refractivity contribution is 9.10. The van der Waals surface area contributed by atoms with E-state index >= 15 is 0 Å². The topological polar surface area (TPSA) is 42.7 Å². The van der Waals surface area contributed by atoms with Gasteiger partial charge in [0.15, 0.2) is 0 Å². The third-order valence-electron chi connectivity index (χ3n) is 3.93. The lowest BCUT2D eigenvalue weighted by molar-refractivity contribution is 1.05. The number of nitrogens with zero attached hydrogens (tertiary/aromatic N) is 3. The number of anilines is 1. The summed E-state index contributed by atoms with van der Waals surface area (Å²) >= 11 is 3.53. The van der Waals surface area contributed by atoms with Gasteiger partial charge in [-0.15, -0.1) is 0 Å². The van der Waals surface area contributed by atoms with Crippen molar-refractivity contribution in [3.8, 4) is 5.69 Å². The van der Waals surface area contributed by atoms with E-state index in [1.54, 1.807) is 12.5 Å². The van der Waals surface area contributed by atoms with E-state index in [4.69, 9.17) is 0 Å². The molecule has 2 aromatic carbocycles. The average Bonchev–Trinajstić information content (AvgIpc) is 3.15. The van der Waals surface area contributed by atoms with Crippen molar-refractivity contribution >= 4 is 32.5 Å². The summed E-state index contributed by atoms with van der Waals surface area (Å²) in [4.78, 5) is 8.48. The minimum atomic E-state index is 0.760. The standard InChI is InChI=1S/C19H15BrN4/c20-15-3-6-18-17(11-15)19(7-8-22-18)23-12-14-1-4-16(5-2-14)24-10-9-21-13-24/h1-11,13H,12H2,(H,22,23). The summed E-state index contributed by atoms with van der Waals surface area (Å²) in [6.07, 6.45) is 7.35. The number of pyridine rings is 1. The Morgan fingerprint density at radius 3 is 2.67 bits per heavy atom. The average molecular weight is 379 g/mol. The quantitative estimate of drug-likeness (QED) is 0.554. The Kier molecular flexibility index (Phi) is 4.01. The molecule has 5 heteroatoms. The van der Waals surface area contributed by atoms with Crippen LogP contribution in [0.25, 0.3) is 16.6 Å². The highest BCUT2D eigenvalue weighted by atomic mass is 79.9. The summed E-state index contributed by atoms with van der Waals surface area (Å²) in [5.41, 5.74) is 4.40. The molecular weight excluding hydrogens is 364 g/mol. The van der Waals surface area contributed by atoms with Gasteiger partial charge in [0, 0.05) is 46.4 Å². The molecule has 0 radical (unpaired) electrons. The molecule has 0 spiro atoms. The van der Waals surface area contributed by atoms with Crippen molar-refractivity contribution in [1.29, 1.82) is 0 Å². The van der Waals surface area contributed by atoms with Gasteiger partial charge in [0.05, 0.1) is 11.8 Å². The van der Waals surface area contributed by atoms with Gasteiger partial charge in [-0.2, -0.15) is 0 Å². The molecule has 4 aromatic rings. The van der Waals surface area contributed by atoms with Crippen molar-refractivity contribution in [2.75, 3.05) is 5.32 Å². The van der Waals surface area contributed by atoms with Gasteiger partial charge in [0.1, 0.15) is 0 Å². The lowest BCUT2D eigenvalue weighted by Gasteiger charge is -2.10. The van der Waals surface area contributed by atoms with E-state index < -0.39 is 0 Å². The molecule has 2 heterocycles. The van der Waals surface area contributed by atoms with Crippen LogP contribution in [0.2, 0.25) is 0 Å². The van der Waals surface area contributed by atoms with E-state index in [-0.39, 0.29) is 0 Å². The fraction of sp³-hybridized carbons (Fsp3) is 0.0526. The zero-order chi connectivity index (χ0) is 16.4. The van der Waals surface area contributed by atoms with Gasteiger partial charge >= 0.3 is 0 Å². The molecule has 4 nitrogen and oxygen atoms in total. The number of imidazole rings is 1. The van der Waals surface area contributed by atoms with Crippen LogP contribution in [0.15, 0.2) is 77.9 Å². The zero-order valence-electron chi connectivity index (χ0n) is 12.9. The molecule has 0 bridgehead atoms. The van der Waals surface area contributed by atoms with Crippen LogP contribution in [-0.4, -0.2) is 14.5 Å². The van der Waals surface area contributed by atoms with Crippen molar-refractivity contribution < 1.29 is 0 Å². The molecule has 0 unspecified atom stereocenters. The molecule has 0 saturated carbocycles. The number of nitrogens with one attached hydrogen (secondary N) is 1. The number of hydrogen-bond donors (Lipinski definition) is 1. The Morgan fingerprint density at radius 2 is 1.88 bits per heavy atom. The predicted molar refractivity (Wildman–Crippen MR) is 100 cm³/mol. The first-order chi connectivity index (χ1) is 11.8. The Bertz CT molecular complexity index is 963. The molecule has 0 atom stereocenters. The normalized spacial score (nSPS) is 10.9. The van der Waals surface area contributed by atoms with E-state index in [1.807, 2.05) is 35.2 Å². The van der Waals surface area contributed by atoms with E-state index in [2.05, 4.69) is 61.5 Å². The number of rotatable bonds is 4. The molecular formula is C19H15BrN4. The Hall–Kier alpha value is -2.66. The molecule has 0 aliphatic carbocycles. The summed E-state index contributed by atoms with van der Waals surface area (Å²) in [6.45, 7) is 0.760. The number of hydrogen-bond acceptors (Lipinski definition) is 3. The highest BCUT2D eigenvalue weighted by Gasteiger charge is 2.03. The van der Waals surface area contributed by atoms with E-state index in [0.717, 1.165) is 33.3 Å². The van der Waals surface area contributed by atoms with Gasteiger partial charge < -0.3 is 9.88 Å². The maximum absolute atomic E-state index is 4.41. The van der Waals surface area contributed by atoms with Gasteiger partial charge in [-0.25, -0.2) is 4.98 Å². The minimum Gasteiger partial charge on any atom is -0.380 e. The second-order valence-electron chi connectivity index (χ2n) is 5.51. The van der Waals surface area contributed by atoms with Crippen LogP contribution >= 0.6 is 15.9 Å². The Labute approximate surface area is 148 Å². The van der Waals surface area contributed by atoms with Gasteiger partial charge in [0.25, 0.3) is 0 Å². The maximum Gasteiger partial charge on any atom is 0.0991 e. The Morgan fingerprint density at radius 1 is 1.00 bits per heavy atom. The maximum atomic E-state index is 4.41. The van der Waals surface area contributed by atoms with E-state index in [1.165, 1.54) is 5.56 Å². The summed E-state index contributed by atoms with van der Waals surface area (Å²) in [6, 6.07) is 16.6. The fourth-order valence-corrected chi connectivity index (χ4v) is 3.03. The largest absolute Gasteiger partial charge is 0.380 e. The van der Waals surface area contributed by atoms with Crippen molar-refractivity contribution in [3.05, 3.63) is 83.5 Å². The van der Waals surface area contributed by atoms with Gasteiger partial charge in [-0.3, -0.25) is 4.98 Å². The van der Waals surface area contributed by atoms with Crippen LogP contribution in [-0.2, 0) is 6.54 Å². The smallest absolute Gasteiger partial charge is 0.0991 e. The second kappa shape index (κ2) is 6.45. The van der Waals surface area contributed by atoms with Crippen molar-refractivity contribution in [2.45, 2.75) is 6.54 Å². The number of fused-ring (bicyclic) bond motifs is 1. The number of benzene rings is 2. The van der Waals surface area contributed by atoms with Crippen LogP contribution in [0.3, 0.4) is 0 Å². The lowest BCUT2D eigenvalue weighted by Crippen LogP contribution is -2.01. The molecule has 0 fully saturated rings. The predicted octanol–water partition coefficient (Wildman–Crippen LogP) is 4.80. The molecule has 4 rings (SSSR count). The number of aromatic nitrogens is 3. The van der Waals surface area contributed by atoms with Crippen LogP contribution in [0.4, 0.5) is 5.69 Å². The highest BCUT2D eigenvalue weighted by Crippen LogP contribution is 2.25. The zero-order valence-corrected chi connectivity index (χ0v) is 14.4. The van der Waals surface area contributed by atoms with E-state index in [9.17, 15) is 0 Å². The van der Waals surface area contributed by atoms with Crippen molar-refractivity contribution in [2.24, 2.45) is 0 Å². The summed E-state index contributed by atoms with van der Waals surface area (Å²) in [5, 5.41) is 4.62. The summed E-state index contributed by atoms with van der Waals surface area (Å²) in [7, 11) is 0. The number of halogens is 1. The first-order valence-electron chi connectivity index (χ1n) is 7.65. The summed E-state index contributed by atoms with van der Waals surface area (Å²) in [5.74, 6) is 0. The minimum absolute atomic E-state index is 0.760. The van der Waals surface area contributed by atoms with Gasteiger partial charge in [-0.1, -0.05) is 28.1 Å². The third kappa shape index (κ3) is 3.03. The molecule has 0 amide bonds. The van der Waals surface area contributed by atoms with Crippen molar-refractivity contribution in [3.63, 3.8) is 0 Å². The lowest BCUT2D eigenvalue weighted by atomic mass is 10.1. The second-order valence-corrected chi connectivity index (χ2v) is 6.43. The van der Waals surface area contributed by atoms with Crippen LogP contribution in [0.1, 0.15) is 5.56 Å². The van der Waals surface area contributed by atoms with Crippen LogP contribution in [0, 0.1) is 0 Å².